The molecule has 1 atom stereocenters. The Bertz CT molecular complexity index is 1250. The first-order valence-electron chi connectivity index (χ1n) is 13.8. The molecule has 3 aromatic rings. The number of carbonyl (C=O) groups excluding carboxylic acids is 1. The van der Waals surface area contributed by atoms with E-state index in [-0.39, 0.29) is 22.7 Å². The van der Waals surface area contributed by atoms with Gasteiger partial charge in [0.05, 0.1) is 11.6 Å². The number of ether oxygens (including phenoxy) is 2. The summed E-state index contributed by atoms with van der Waals surface area (Å²) in [7, 11) is 0. The number of hydrogen-bond acceptors (Lipinski definition) is 5. The number of fused-ring (bicyclic) bond motifs is 1. The van der Waals surface area contributed by atoms with Crippen LogP contribution < -0.4 is 4.74 Å². The lowest BCUT2D eigenvalue weighted by Crippen LogP contribution is -2.43. The standard InChI is InChI=1S/C33H47NO4/c1-12-26-24(14-13-17-34-26)28-18-22-15-16-23(19-27(22)36-28)37-32(8,9)21-33(10,11)38-29(35)25(31(5,6)7)20-30(2,3)4/h13-19,25H,12,20-21H2,1-11H3. The smallest absolute Gasteiger partial charge is 0.310 e. The van der Waals surface area contributed by atoms with Crippen molar-refractivity contribution in [2.45, 2.75) is 107 Å². The fourth-order valence-electron chi connectivity index (χ4n) is 5.27. The number of esters is 1. The Labute approximate surface area is 229 Å². The van der Waals surface area contributed by atoms with E-state index in [2.05, 4.69) is 53.5 Å². The number of nitrogens with zero attached hydrogens (tertiary/aromatic N) is 1. The average Bonchev–Trinajstić information content (AvgIpc) is 3.17. The number of aryl methyl sites for hydroxylation is 1. The monoisotopic (exact) mass is 521 g/mol. The van der Waals surface area contributed by atoms with Crippen molar-refractivity contribution in [2.75, 3.05) is 0 Å². The zero-order valence-electron chi connectivity index (χ0n) is 25.3. The molecule has 0 N–H and O–H groups in total. The summed E-state index contributed by atoms with van der Waals surface area (Å²) in [6, 6.07) is 11.9. The third-order valence-corrected chi connectivity index (χ3v) is 6.75. The third kappa shape index (κ3) is 7.85. The molecule has 0 saturated heterocycles. The number of benzene rings is 1. The van der Waals surface area contributed by atoms with Gasteiger partial charge in [0.2, 0.25) is 0 Å². The van der Waals surface area contributed by atoms with Gasteiger partial charge in [-0.2, -0.15) is 0 Å². The van der Waals surface area contributed by atoms with Crippen LogP contribution >= 0.6 is 0 Å². The lowest BCUT2D eigenvalue weighted by Gasteiger charge is -2.39. The minimum Gasteiger partial charge on any atom is -0.488 e. The zero-order chi connectivity index (χ0) is 28.5. The second kappa shape index (κ2) is 10.7. The maximum Gasteiger partial charge on any atom is 0.310 e. The van der Waals surface area contributed by atoms with Crippen molar-refractivity contribution in [3.8, 4) is 17.1 Å². The molecule has 0 saturated carbocycles. The second-order valence-electron chi connectivity index (χ2n) is 14.1. The van der Waals surface area contributed by atoms with Crippen molar-refractivity contribution in [1.29, 1.82) is 0 Å². The number of aromatic nitrogens is 1. The highest BCUT2D eigenvalue weighted by Crippen LogP contribution is 2.39. The maximum absolute atomic E-state index is 13.4. The maximum atomic E-state index is 13.4. The molecule has 0 bridgehead atoms. The van der Waals surface area contributed by atoms with Gasteiger partial charge in [-0.1, -0.05) is 48.5 Å². The first kappa shape index (κ1) is 29.7. The zero-order valence-corrected chi connectivity index (χ0v) is 25.3. The predicted molar refractivity (Wildman–Crippen MR) is 155 cm³/mol. The quantitative estimate of drug-likeness (QED) is 0.263. The molecule has 2 heterocycles. The van der Waals surface area contributed by atoms with E-state index in [0.717, 1.165) is 40.8 Å². The first-order chi connectivity index (χ1) is 17.4. The summed E-state index contributed by atoms with van der Waals surface area (Å²) < 4.78 is 18.8. The predicted octanol–water partition coefficient (Wildman–Crippen LogP) is 9.03. The van der Waals surface area contributed by atoms with Gasteiger partial charge in [-0.05, 0) is 81.7 Å². The first-order valence-corrected chi connectivity index (χ1v) is 13.8. The lowest BCUT2D eigenvalue weighted by atomic mass is 9.72. The van der Waals surface area contributed by atoms with E-state index in [9.17, 15) is 4.79 Å². The van der Waals surface area contributed by atoms with Crippen LogP contribution in [0.5, 0.6) is 5.75 Å². The van der Waals surface area contributed by atoms with E-state index >= 15 is 0 Å². The van der Waals surface area contributed by atoms with E-state index in [0.29, 0.717) is 12.2 Å². The van der Waals surface area contributed by atoms with Crippen LogP contribution in [0.15, 0.2) is 47.0 Å². The minimum absolute atomic E-state index is 0.0307. The molecule has 3 rings (SSSR count). The summed E-state index contributed by atoms with van der Waals surface area (Å²) in [6.45, 7) is 22.9. The minimum atomic E-state index is -0.694. The summed E-state index contributed by atoms with van der Waals surface area (Å²) in [6.07, 6.45) is 3.96. The van der Waals surface area contributed by atoms with E-state index < -0.39 is 11.2 Å². The molecule has 0 amide bonds. The molecule has 2 aromatic heterocycles. The lowest BCUT2D eigenvalue weighted by molar-refractivity contribution is -0.170. The molecule has 5 heteroatoms. The molecule has 1 aromatic carbocycles. The average molecular weight is 522 g/mol. The van der Waals surface area contributed by atoms with E-state index in [4.69, 9.17) is 13.9 Å². The largest absolute Gasteiger partial charge is 0.488 e. The Morgan fingerprint density at radius 1 is 0.947 bits per heavy atom. The molecule has 0 fully saturated rings. The molecule has 208 valence electrons. The summed E-state index contributed by atoms with van der Waals surface area (Å²) in [5.41, 5.74) is 1.36. The summed E-state index contributed by atoms with van der Waals surface area (Å²) >= 11 is 0. The molecule has 1 unspecified atom stereocenters. The van der Waals surface area contributed by atoms with Crippen LogP contribution in [-0.2, 0) is 16.0 Å². The van der Waals surface area contributed by atoms with Gasteiger partial charge in [-0.15, -0.1) is 0 Å². The molecule has 5 nitrogen and oxygen atoms in total. The van der Waals surface area contributed by atoms with Crippen molar-refractivity contribution >= 4 is 16.9 Å². The van der Waals surface area contributed by atoms with Crippen LogP contribution in [0.2, 0.25) is 0 Å². The van der Waals surface area contributed by atoms with Crippen molar-refractivity contribution in [3.63, 3.8) is 0 Å². The van der Waals surface area contributed by atoms with Crippen molar-refractivity contribution in [1.82, 2.24) is 4.98 Å². The van der Waals surface area contributed by atoms with Crippen molar-refractivity contribution < 1.29 is 18.7 Å². The Balaban J connectivity index is 1.75. The Morgan fingerprint density at radius 2 is 1.63 bits per heavy atom. The number of carbonyl (C=O) groups is 1. The number of pyridine rings is 1. The molecular weight excluding hydrogens is 474 g/mol. The Kier molecular flexibility index (Phi) is 8.41. The van der Waals surface area contributed by atoms with Crippen LogP contribution in [-0.4, -0.2) is 22.2 Å². The van der Waals surface area contributed by atoms with Crippen LogP contribution in [0.25, 0.3) is 22.3 Å². The molecular formula is C33H47NO4. The van der Waals surface area contributed by atoms with Crippen LogP contribution in [0.3, 0.4) is 0 Å². The molecule has 0 aliphatic rings. The molecule has 0 aliphatic heterocycles. The highest BCUT2D eigenvalue weighted by atomic mass is 16.6. The summed E-state index contributed by atoms with van der Waals surface area (Å²) in [4.78, 5) is 17.8. The molecule has 0 aliphatic carbocycles. The van der Waals surface area contributed by atoms with Gasteiger partial charge in [-0.25, -0.2) is 0 Å². The topological polar surface area (TPSA) is 61.6 Å². The summed E-state index contributed by atoms with van der Waals surface area (Å²) in [5, 5.41) is 1.01. The van der Waals surface area contributed by atoms with E-state index in [1.54, 1.807) is 0 Å². The number of furan rings is 1. The van der Waals surface area contributed by atoms with Crippen LogP contribution in [0.4, 0.5) is 0 Å². The van der Waals surface area contributed by atoms with E-state index in [1.165, 1.54) is 0 Å². The van der Waals surface area contributed by atoms with Gasteiger partial charge < -0.3 is 13.9 Å². The fourth-order valence-corrected chi connectivity index (χ4v) is 5.27. The Hall–Kier alpha value is -2.82. The van der Waals surface area contributed by atoms with Crippen molar-refractivity contribution in [3.05, 3.63) is 48.3 Å². The highest BCUT2D eigenvalue weighted by molar-refractivity contribution is 5.84. The van der Waals surface area contributed by atoms with Gasteiger partial charge in [0.1, 0.15) is 28.3 Å². The van der Waals surface area contributed by atoms with Crippen molar-refractivity contribution in [2.24, 2.45) is 16.7 Å². The Morgan fingerprint density at radius 3 is 2.24 bits per heavy atom. The molecule has 0 spiro atoms. The number of rotatable bonds is 9. The normalized spacial score (nSPS) is 14.0. The van der Waals surface area contributed by atoms with Crippen LogP contribution in [0.1, 0.15) is 94.7 Å². The van der Waals surface area contributed by atoms with Gasteiger partial charge in [0, 0.05) is 29.6 Å². The van der Waals surface area contributed by atoms with Crippen LogP contribution in [0, 0.1) is 16.7 Å². The molecule has 38 heavy (non-hydrogen) atoms. The third-order valence-electron chi connectivity index (χ3n) is 6.75. The van der Waals surface area contributed by atoms with E-state index in [1.807, 2.05) is 70.3 Å². The van der Waals surface area contributed by atoms with Gasteiger partial charge in [0.15, 0.2) is 0 Å². The highest BCUT2D eigenvalue weighted by Gasteiger charge is 2.40. The summed E-state index contributed by atoms with van der Waals surface area (Å²) in [5.74, 6) is 1.19. The van der Waals surface area contributed by atoms with Gasteiger partial charge in [0.25, 0.3) is 0 Å². The number of hydrogen-bond donors (Lipinski definition) is 0. The van der Waals surface area contributed by atoms with Gasteiger partial charge >= 0.3 is 5.97 Å². The molecule has 0 radical (unpaired) electrons. The second-order valence-corrected chi connectivity index (χ2v) is 14.1. The van der Waals surface area contributed by atoms with Gasteiger partial charge in [-0.3, -0.25) is 9.78 Å². The SMILES string of the molecule is CCc1ncccc1-c1cc2ccc(OC(C)(C)CC(C)(C)OC(=O)C(CC(C)(C)C)C(C)(C)C)cc2o1. The fraction of sp³-hybridized carbons (Fsp3) is 0.576.